The van der Waals surface area contributed by atoms with Gasteiger partial charge < -0.3 is 9.47 Å². The number of rotatable bonds is 8. The van der Waals surface area contributed by atoms with E-state index in [0.717, 1.165) is 29.7 Å². The quantitative estimate of drug-likeness (QED) is 0.297. The number of hydrogen-bond acceptors (Lipinski definition) is 5. The standard InChI is InChI=1S/C23H21ClN2O2S/c1-3-4-11-28-21-10-5-16(13-22(21)27-2)12-18(14-25)23-26-20(15-29-23)17-6-8-19(24)9-7-17/h5-10,12-13,15H,3-4,11H2,1-2H3/b18-12+. The SMILES string of the molecule is CCCCOc1ccc(/C=C(\C#N)c2nc(-c3ccc(Cl)cc3)cs2)cc1OC. The average Bonchev–Trinajstić information content (AvgIpc) is 3.23. The van der Waals surface area contributed by atoms with Crippen LogP contribution in [0.2, 0.25) is 5.02 Å². The van der Waals surface area contributed by atoms with Crippen molar-refractivity contribution in [1.82, 2.24) is 4.98 Å². The van der Waals surface area contributed by atoms with Crippen molar-refractivity contribution in [2.75, 3.05) is 13.7 Å². The third-order valence-corrected chi connectivity index (χ3v) is 5.38. The van der Waals surface area contributed by atoms with Crippen LogP contribution in [0.25, 0.3) is 22.9 Å². The van der Waals surface area contributed by atoms with Crippen molar-refractivity contribution < 1.29 is 9.47 Å². The highest BCUT2D eigenvalue weighted by Crippen LogP contribution is 2.31. The summed E-state index contributed by atoms with van der Waals surface area (Å²) < 4.78 is 11.2. The maximum Gasteiger partial charge on any atom is 0.161 e. The molecule has 2 aromatic carbocycles. The van der Waals surface area contributed by atoms with Crippen LogP contribution in [0.5, 0.6) is 11.5 Å². The Bertz CT molecular complexity index is 1040. The third kappa shape index (κ3) is 5.38. The summed E-state index contributed by atoms with van der Waals surface area (Å²) in [5.41, 5.74) is 3.13. The first-order valence-electron chi connectivity index (χ1n) is 9.29. The lowest BCUT2D eigenvalue weighted by molar-refractivity contribution is 0.288. The molecular weight excluding hydrogens is 404 g/mol. The van der Waals surface area contributed by atoms with E-state index in [2.05, 4.69) is 18.0 Å². The van der Waals surface area contributed by atoms with Gasteiger partial charge in [-0.3, -0.25) is 0 Å². The number of nitrogens with zero attached hydrogens (tertiary/aromatic N) is 2. The van der Waals surface area contributed by atoms with Crippen LogP contribution < -0.4 is 9.47 Å². The first kappa shape index (κ1) is 20.9. The predicted molar refractivity (Wildman–Crippen MR) is 119 cm³/mol. The number of thiazole rings is 1. The van der Waals surface area contributed by atoms with E-state index in [9.17, 15) is 5.26 Å². The first-order valence-corrected chi connectivity index (χ1v) is 10.5. The molecule has 0 N–H and O–H groups in total. The van der Waals surface area contributed by atoms with Crippen molar-refractivity contribution >= 4 is 34.6 Å². The molecular formula is C23H21ClN2O2S. The zero-order chi connectivity index (χ0) is 20.6. The Kier molecular flexibility index (Phi) is 7.29. The molecule has 0 radical (unpaired) electrons. The zero-order valence-corrected chi connectivity index (χ0v) is 17.9. The van der Waals surface area contributed by atoms with Crippen LogP contribution in [0, 0.1) is 11.3 Å². The van der Waals surface area contributed by atoms with E-state index >= 15 is 0 Å². The van der Waals surface area contributed by atoms with Gasteiger partial charge in [0.15, 0.2) is 11.5 Å². The van der Waals surface area contributed by atoms with Gasteiger partial charge in [0.05, 0.1) is 25.0 Å². The third-order valence-electron chi connectivity index (χ3n) is 4.25. The molecule has 148 valence electrons. The van der Waals surface area contributed by atoms with E-state index in [4.69, 9.17) is 21.1 Å². The van der Waals surface area contributed by atoms with Crippen LogP contribution >= 0.6 is 22.9 Å². The van der Waals surface area contributed by atoms with Gasteiger partial charge in [-0.2, -0.15) is 5.26 Å². The summed E-state index contributed by atoms with van der Waals surface area (Å²) in [6.07, 6.45) is 3.87. The molecule has 3 aromatic rings. The number of allylic oxidation sites excluding steroid dienone is 1. The van der Waals surface area contributed by atoms with Gasteiger partial charge in [0.2, 0.25) is 0 Å². The van der Waals surface area contributed by atoms with Crippen molar-refractivity contribution in [2.24, 2.45) is 0 Å². The minimum absolute atomic E-state index is 0.497. The van der Waals surface area contributed by atoms with Gasteiger partial charge in [-0.15, -0.1) is 11.3 Å². The molecule has 0 aliphatic carbocycles. The molecule has 0 aliphatic heterocycles. The zero-order valence-electron chi connectivity index (χ0n) is 16.3. The lowest BCUT2D eigenvalue weighted by Crippen LogP contribution is -1.99. The van der Waals surface area contributed by atoms with Gasteiger partial charge in [0.1, 0.15) is 11.1 Å². The lowest BCUT2D eigenvalue weighted by Gasteiger charge is -2.11. The van der Waals surface area contributed by atoms with E-state index < -0.39 is 0 Å². The Hall–Kier alpha value is -2.81. The van der Waals surface area contributed by atoms with Gasteiger partial charge in [-0.25, -0.2) is 4.98 Å². The summed E-state index contributed by atoms with van der Waals surface area (Å²) in [6.45, 7) is 2.77. The van der Waals surface area contributed by atoms with Crippen molar-refractivity contribution in [2.45, 2.75) is 19.8 Å². The molecule has 0 saturated carbocycles. The maximum atomic E-state index is 9.66. The second kappa shape index (κ2) is 10.1. The molecule has 3 rings (SSSR count). The molecule has 0 spiro atoms. The van der Waals surface area contributed by atoms with E-state index in [-0.39, 0.29) is 0 Å². The van der Waals surface area contributed by atoms with Gasteiger partial charge in [-0.05, 0) is 42.3 Å². The average molecular weight is 425 g/mol. The number of hydrogen-bond donors (Lipinski definition) is 0. The Morgan fingerprint density at radius 1 is 1.21 bits per heavy atom. The largest absolute Gasteiger partial charge is 0.493 e. The Balaban J connectivity index is 1.84. The van der Waals surface area contributed by atoms with Crippen molar-refractivity contribution in [3.8, 4) is 28.8 Å². The van der Waals surface area contributed by atoms with Crippen LogP contribution in [0.15, 0.2) is 47.8 Å². The number of methoxy groups -OCH3 is 1. The summed E-state index contributed by atoms with van der Waals surface area (Å²) in [6, 6.07) is 15.4. The molecule has 0 bridgehead atoms. The summed E-state index contributed by atoms with van der Waals surface area (Å²) in [5, 5.41) is 12.9. The highest BCUT2D eigenvalue weighted by Gasteiger charge is 2.11. The lowest BCUT2D eigenvalue weighted by atomic mass is 10.1. The normalized spacial score (nSPS) is 11.2. The van der Waals surface area contributed by atoms with Crippen LogP contribution in [0.3, 0.4) is 0 Å². The van der Waals surface area contributed by atoms with Gasteiger partial charge >= 0.3 is 0 Å². The molecule has 0 amide bonds. The molecule has 0 fully saturated rings. The van der Waals surface area contributed by atoms with Gasteiger partial charge in [0, 0.05) is 16.0 Å². The van der Waals surface area contributed by atoms with Crippen LogP contribution in [-0.2, 0) is 0 Å². The fourth-order valence-corrected chi connectivity index (χ4v) is 3.60. The molecule has 0 aliphatic rings. The van der Waals surface area contributed by atoms with Gasteiger partial charge in [-0.1, -0.05) is 43.1 Å². The highest BCUT2D eigenvalue weighted by molar-refractivity contribution is 7.11. The maximum absolute atomic E-state index is 9.66. The number of nitriles is 1. The molecule has 6 heteroatoms. The summed E-state index contributed by atoms with van der Waals surface area (Å²) in [4.78, 5) is 4.62. The molecule has 1 heterocycles. The predicted octanol–water partition coefficient (Wildman–Crippen LogP) is 6.72. The number of ether oxygens (including phenoxy) is 2. The second-order valence-electron chi connectivity index (χ2n) is 6.33. The number of aromatic nitrogens is 1. The summed E-state index contributed by atoms with van der Waals surface area (Å²) >= 11 is 7.39. The minimum Gasteiger partial charge on any atom is -0.493 e. The van der Waals surface area contributed by atoms with Crippen LogP contribution in [0.1, 0.15) is 30.3 Å². The van der Waals surface area contributed by atoms with Crippen molar-refractivity contribution in [3.05, 3.63) is 63.4 Å². The summed E-state index contributed by atoms with van der Waals surface area (Å²) in [7, 11) is 1.61. The molecule has 0 unspecified atom stereocenters. The number of benzene rings is 2. The molecule has 0 saturated heterocycles. The van der Waals surface area contributed by atoms with E-state index in [1.54, 1.807) is 7.11 Å². The van der Waals surface area contributed by atoms with Crippen molar-refractivity contribution in [3.63, 3.8) is 0 Å². The fourth-order valence-electron chi connectivity index (χ4n) is 2.68. The Labute approximate surface area is 180 Å². The van der Waals surface area contributed by atoms with Crippen LogP contribution in [0.4, 0.5) is 0 Å². The molecule has 0 atom stereocenters. The molecule has 4 nitrogen and oxygen atoms in total. The minimum atomic E-state index is 0.497. The molecule has 29 heavy (non-hydrogen) atoms. The monoisotopic (exact) mass is 424 g/mol. The molecule has 1 aromatic heterocycles. The Morgan fingerprint density at radius 2 is 2.00 bits per heavy atom. The van der Waals surface area contributed by atoms with E-state index in [1.165, 1.54) is 11.3 Å². The summed E-state index contributed by atoms with van der Waals surface area (Å²) in [5.74, 6) is 1.35. The number of halogens is 1. The van der Waals surface area contributed by atoms with E-state index in [1.807, 2.05) is 53.9 Å². The van der Waals surface area contributed by atoms with Crippen molar-refractivity contribution in [1.29, 1.82) is 5.26 Å². The topological polar surface area (TPSA) is 55.1 Å². The fraction of sp³-hybridized carbons (Fsp3) is 0.217. The second-order valence-corrected chi connectivity index (χ2v) is 7.62. The number of unbranched alkanes of at least 4 members (excludes halogenated alkanes) is 1. The van der Waals surface area contributed by atoms with E-state index in [0.29, 0.717) is 33.7 Å². The highest BCUT2D eigenvalue weighted by atomic mass is 35.5. The van der Waals surface area contributed by atoms with Crippen LogP contribution in [-0.4, -0.2) is 18.7 Å². The Morgan fingerprint density at radius 3 is 2.69 bits per heavy atom. The first-order chi connectivity index (χ1) is 14.1. The van der Waals surface area contributed by atoms with Gasteiger partial charge in [0.25, 0.3) is 0 Å². The smallest absolute Gasteiger partial charge is 0.161 e.